The van der Waals surface area contributed by atoms with E-state index in [4.69, 9.17) is 0 Å². The topological polar surface area (TPSA) is 53.4 Å². The molecule has 0 aliphatic rings. The van der Waals surface area contributed by atoms with Crippen LogP contribution in [-0.4, -0.2) is 21.8 Å². The average molecular weight is 265 g/mol. The smallest absolute Gasteiger partial charge is 0.121 e. The van der Waals surface area contributed by atoms with Gasteiger partial charge in [-0.25, -0.2) is 4.98 Å². The zero-order valence-electron chi connectivity index (χ0n) is 11.0. The lowest BCUT2D eigenvalue weighted by Gasteiger charge is -2.30. The van der Waals surface area contributed by atoms with E-state index in [1.807, 2.05) is 26.8 Å². The summed E-state index contributed by atoms with van der Waals surface area (Å²) < 4.78 is 1.07. The Balaban J connectivity index is 2.65. The lowest BCUT2D eigenvalue weighted by molar-refractivity contribution is 0.180. The highest BCUT2D eigenvalue weighted by Gasteiger charge is 2.31. The maximum atomic E-state index is 10.2. The van der Waals surface area contributed by atoms with Crippen molar-refractivity contribution < 1.29 is 10.2 Å². The molecular weight excluding hydrogens is 246 g/mol. The van der Waals surface area contributed by atoms with Crippen molar-refractivity contribution in [3.8, 4) is 5.75 Å². The highest BCUT2D eigenvalue weighted by Crippen LogP contribution is 2.40. The van der Waals surface area contributed by atoms with E-state index < -0.39 is 0 Å². The van der Waals surface area contributed by atoms with Gasteiger partial charge in [-0.1, -0.05) is 13.8 Å². The molecule has 0 saturated carbocycles. The molecule has 0 aliphatic carbocycles. The summed E-state index contributed by atoms with van der Waals surface area (Å²) >= 11 is 1.62. The molecule has 1 aromatic heterocycles. The molecule has 0 bridgehead atoms. The van der Waals surface area contributed by atoms with Crippen LogP contribution in [0, 0.1) is 6.92 Å². The summed E-state index contributed by atoms with van der Waals surface area (Å²) in [5, 5.41) is 20.9. The maximum Gasteiger partial charge on any atom is 0.121 e. The number of nitrogens with zero attached hydrogens (tertiary/aromatic N) is 1. The van der Waals surface area contributed by atoms with Crippen molar-refractivity contribution in [1.82, 2.24) is 4.98 Å². The number of aliphatic hydroxyl groups is 1. The quantitative estimate of drug-likeness (QED) is 0.891. The van der Waals surface area contributed by atoms with Crippen LogP contribution < -0.4 is 0 Å². The number of aromatic hydroxyl groups is 1. The van der Waals surface area contributed by atoms with Crippen LogP contribution in [0.15, 0.2) is 12.1 Å². The molecule has 0 atom stereocenters. The standard InChI is InChI=1S/C14H19NO2S/c1-4-14(5-2,8-16)10-6-13-11(7-12(10)17)15-9(3)18-13/h6-7,16-17H,4-5,8H2,1-3H3. The summed E-state index contributed by atoms with van der Waals surface area (Å²) in [6.45, 7) is 6.10. The number of benzene rings is 1. The Morgan fingerprint density at radius 1 is 1.28 bits per heavy atom. The third-order valence-electron chi connectivity index (χ3n) is 3.84. The number of rotatable bonds is 4. The number of hydrogen-bond donors (Lipinski definition) is 2. The largest absolute Gasteiger partial charge is 0.508 e. The molecule has 0 unspecified atom stereocenters. The van der Waals surface area contributed by atoms with Crippen molar-refractivity contribution >= 4 is 21.6 Å². The summed E-state index contributed by atoms with van der Waals surface area (Å²) in [6, 6.07) is 3.70. The molecule has 0 fully saturated rings. The summed E-state index contributed by atoms with van der Waals surface area (Å²) in [5.74, 6) is 0.241. The number of phenols is 1. The normalized spacial score (nSPS) is 12.2. The third-order valence-corrected chi connectivity index (χ3v) is 4.77. The minimum absolute atomic E-state index is 0.0524. The van der Waals surface area contributed by atoms with Gasteiger partial charge in [0.2, 0.25) is 0 Å². The molecule has 0 amide bonds. The lowest BCUT2D eigenvalue weighted by atomic mass is 9.76. The first-order chi connectivity index (χ1) is 8.56. The molecule has 2 rings (SSSR count). The van der Waals surface area contributed by atoms with E-state index in [2.05, 4.69) is 4.98 Å². The predicted octanol–water partition coefficient (Wildman–Crippen LogP) is 3.36. The van der Waals surface area contributed by atoms with Crippen LogP contribution in [-0.2, 0) is 5.41 Å². The average Bonchev–Trinajstić information content (AvgIpc) is 2.71. The highest BCUT2D eigenvalue weighted by molar-refractivity contribution is 7.18. The molecule has 1 aromatic carbocycles. The van der Waals surface area contributed by atoms with Crippen LogP contribution in [0.2, 0.25) is 0 Å². The van der Waals surface area contributed by atoms with Crippen molar-refractivity contribution in [2.24, 2.45) is 0 Å². The Morgan fingerprint density at radius 3 is 2.50 bits per heavy atom. The highest BCUT2D eigenvalue weighted by atomic mass is 32.1. The number of aryl methyl sites for hydroxylation is 1. The van der Waals surface area contributed by atoms with Gasteiger partial charge in [0.05, 0.1) is 21.8 Å². The van der Waals surface area contributed by atoms with Gasteiger partial charge in [0.25, 0.3) is 0 Å². The molecule has 3 nitrogen and oxygen atoms in total. The number of aliphatic hydroxyl groups excluding tert-OH is 1. The van der Waals surface area contributed by atoms with Gasteiger partial charge in [0.15, 0.2) is 0 Å². The molecule has 0 saturated heterocycles. The number of phenolic OH excluding ortho intramolecular Hbond substituents is 1. The minimum atomic E-state index is -0.351. The molecule has 0 spiro atoms. The minimum Gasteiger partial charge on any atom is -0.508 e. The van der Waals surface area contributed by atoms with Crippen molar-refractivity contribution in [3.63, 3.8) is 0 Å². The van der Waals surface area contributed by atoms with E-state index in [1.165, 1.54) is 0 Å². The first-order valence-corrected chi connectivity index (χ1v) is 7.09. The predicted molar refractivity (Wildman–Crippen MR) is 75.4 cm³/mol. The molecule has 18 heavy (non-hydrogen) atoms. The van der Waals surface area contributed by atoms with Crippen LogP contribution >= 0.6 is 11.3 Å². The van der Waals surface area contributed by atoms with Gasteiger partial charge in [-0.15, -0.1) is 11.3 Å². The Hall–Kier alpha value is -1.13. The Bertz CT molecular complexity index is 550. The van der Waals surface area contributed by atoms with Crippen molar-refractivity contribution in [1.29, 1.82) is 0 Å². The Kier molecular flexibility index (Phi) is 3.59. The Labute approximate surface area is 111 Å². The van der Waals surface area contributed by atoms with E-state index in [1.54, 1.807) is 17.4 Å². The fraction of sp³-hybridized carbons (Fsp3) is 0.500. The van der Waals surface area contributed by atoms with E-state index in [0.717, 1.165) is 33.6 Å². The molecule has 2 aromatic rings. The van der Waals surface area contributed by atoms with E-state index in [9.17, 15) is 10.2 Å². The first kappa shape index (κ1) is 13.3. The summed E-state index contributed by atoms with van der Waals surface area (Å²) in [6.07, 6.45) is 1.60. The van der Waals surface area contributed by atoms with Gasteiger partial charge >= 0.3 is 0 Å². The van der Waals surface area contributed by atoms with Crippen LogP contribution in [0.25, 0.3) is 10.2 Å². The van der Waals surface area contributed by atoms with Crippen molar-refractivity contribution in [3.05, 3.63) is 22.7 Å². The first-order valence-electron chi connectivity index (χ1n) is 6.27. The zero-order valence-corrected chi connectivity index (χ0v) is 11.8. The summed E-state index contributed by atoms with van der Waals surface area (Å²) in [5.41, 5.74) is 1.32. The van der Waals surface area contributed by atoms with E-state index in [-0.39, 0.29) is 17.8 Å². The molecular formula is C14H19NO2S. The summed E-state index contributed by atoms with van der Waals surface area (Å²) in [4.78, 5) is 4.37. The molecule has 4 heteroatoms. The Morgan fingerprint density at radius 2 is 1.94 bits per heavy atom. The van der Waals surface area contributed by atoms with E-state index >= 15 is 0 Å². The maximum absolute atomic E-state index is 10.2. The molecule has 0 radical (unpaired) electrons. The lowest BCUT2D eigenvalue weighted by Crippen LogP contribution is -2.29. The molecule has 98 valence electrons. The van der Waals surface area contributed by atoms with Gasteiger partial charge in [0.1, 0.15) is 5.75 Å². The van der Waals surface area contributed by atoms with Crippen LogP contribution in [0.4, 0.5) is 0 Å². The SMILES string of the molecule is CCC(CC)(CO)c1cc2sc(C)nc2cc1O. The third kappa shape index (κ3) is 1.99. The summed E-state index contributed by atoms with van der Waals surface area (Å²) in [7, 11) is 0. The number of hydrogen-bond acceptors (Lipinski definition) is 4. The van der Waals surface area contributed by atoms with Gasteiger partial charge in [0, 0.05) is 17.0 Å². The molecule has 2 N–H and O–H groups in total. The van der Waals surface area contributed by atoms with Crippen molar-refractivity contribution in [2.45, 2.75) is 39.0 Å². The van der Waals surface area contributed by atoms with Gasteiger partial charge in [-0.2, -0.15) is 0 Å². The fourth-order valence-electron chi connectivity index (χ4n) is 2.44. The zero-order chi connectivity index (χ0) is 13.3. The van der Waals surface area contributed by atoms with Crippen LogP contribution in [0.3, 0.4) is 0 Å². The molecule has 1 heterocycles. The van der Waals surface area contributed by atoms with Gasteiger partial charge < -0.3 is 10.2 Å². The fourth-order valence-corrected chi connectivity index (χ4v) is 3.29. The number of fused-ring (bicyclic) bond motifs is 1. The second-order valence-electron chi connectivity index (χ2n) is 4.72. The van der Waals surface area contributed by atoms with Crippen LogP contribution in [0.5, 0.6) is 5.75 Å². The second kappa shape index (κ2) is 4.86. The van der Waals surface area contributed by atoms with E-state index in [0.29, 0.717) is 0 Å². The van der Waals surface area contributed by atoms with Gasteiger partial charge in [-0.05, 0) is 25.8 Å². The monoisotopic (exact) mass is 265 g/mol. The number of thiazole rings is 1. The van der Waals surface area contributed by atoms with Gasteiger partial charge in [-0.3, -0.25) is 0 Å². The van der Waals surface area contributed by atoms with Crippen molar-refractivity contribution in [2.75, 3.05) is 6.61 Å². The number of aromatic nitrogens is 1. The second-order valence-corrected chi connectivity index (χ2v) is 5.95. The molecule has 0 aliphatic heterocycles. The van der Waals surface area contributed by atoms with Crippen LogP contribution in [0.1, 0.15) is 37.3 Å².